The number of piperidine rings is 1. The zero-order valence-corrected chi connectivity index (χ0v) is 15.4. The second kappa shape index (κ2) is 7.91. The topological polar surface area (TPSA) is 69.0 Å². The van der Waals surface area contributed by atoms with Gasteiger partial charge in [0.15, 0.2) is 0 Å². The molecule has 7 heteroatoms. The Kier molecular flexibility index (Phi) is 5.63. The maximum Gasteiger partial charge on any atom is 0.233 e. The molecular weight excluding hydrogens is 316 g/mol. The molecular formula is C18H28N6O. The molecule has 0 N–H and O–H groups in total. The molecule has 0 unspecified atom stereocenters. The van der Waals surface area contributed by atoms with E-state index in [-0.39, 0.29) is 5.41 Å². The predicted molar refractivity (Wildman–Crippen MR) is 95.4 cm³/mol. The lowest BCUT2D eigenvalue weighted by molar-refractivity contribution is 0.133. The Morgan fingerprint density at radius 3 is 2.36 bits per heavy atom. The van der Waals surface area contributed by atoms with Gasteiger partial charge < -0.3 is 9.64 Å². The number of rotatable bonds is 6. The van der Waals surface area contributed by atoms with Gasteiger partial charge in [0.25, 0.3) is 0 Å². The molecule has 0 radical (unpaired) electrons. The summed E-state index contributed by atoms with van der Waals surface area (Å²) in [4.78, 5) is 4.22. The highest BCUT2D eigenvalue weighted by Gasteiger charge is 2.20. The highest BCUT2D eigenvalue weighted by Crippen LogP contribution is 2.21. The molecule has 0 aliphatic carbocycles. The van der Waals surface area contributed by atoms with Gasteiger partial charge in [-0.05, 0) is 37.9 Å². The van der Waals surface area contributed by atoms with Crippen molar-refractivity contribution in [2.75, 3.05) is 26.2 Å². The summed E-state index contributed by atoms with van der Waals surface area (Å²) in [6.07, 6.45) is 5.75. The smallest absolute Gasteiger partial charge is 0.233 e. The highest BCUT2D eigenvalue weighted by molar-refractivity contribution is 5.16. The Labute approximate surface area is 149 Å². The Bertz CT molecular complexity index is 627. The number of likely N-dealkylation sites (tertiary alicyclic amines) is 1. The van der Waals surface area contributed by atoms with Crippen molar-refractivity contribution in [1.29, 1.82) is 0 Å². The number of aromatic nitrogens is 5. The van der Waals surface area contributed by atoms with Crippen LogP contribution in [0.1, 0.15) is 39.3 Å². The van der Waals surface area contributed by atoms with Gasteiger partial charge in [0.2, 0.25) is 5.88 Å². The Morgan fingerprint density at radius 2 is 1.76 bits per heavy atom. The Hall–Kier alpha value is -2.02. The third-order valence-electron chi connectivity index (χ3n) is 4.67. The van der Waals surface area contributed by atoms with Crippen molar-refractivity contribution in [3.63, 3.8) is 0 Å². The minimum absolute atomic E-state index is 0.0179. The quantitative estimate of drug-likeness (QED) is 0.800. The molecule has 3 heterocycles. The molecule has 3 rings (SSSR count). The van der Waals surface area contributed by atoms with Crippen LogP contribution in [0.2, 0.25) is 0 Å². The van der Waals surface area contributed by atoms with Crippen LogP contribution in [0.15, 0.2) is 24.5 Å². The fourth-order valence-corrected chi connectivity index (χ4v) is 2.97. The predicted octanol–water partition coefficient (Wildman–Crippen LogP) is 2.16. The minimum Gasteiger partial charge on any atom is -0.476 e. The molecule has 136 valence electrons. The molecule has 2 aromatic rings. The molecule has 1 aliphatic rings. The number of hydrogen-bond acceptors (Lipinski definition) is 6. The van der Waals surface area contributed by atoms with E-state index in [9.17, 15) is 0 Å². The van der Waals surface area contributed by atoms with E-state index >= 15 is 0 Å². The second-order valence-corrected chi connectivity index (χ2v) is 7.73. The molecule has 1 saturated heterocycles. The maximum atomic E-state index is 5.85. The molecule has 0 saturated carbocycles. The van der Waals surface area contributed by atoms with Crippen LogP contribution in [-0.2, 0) is 12.0 Å². The summed E-state index contributed by atoms with van der Waals surface area (Å²) in [6.45, 7) is 11.2. The molecule has 1 aliphatic heterocycles. The van der Waals surface area contributed by atoms with Crippen LogP contribution in [0, 0.1) is 5.92 Å². The van der Waals surface area contributed by atoms with Crippen LogP contribution >= 0.6 is 0 Å². The number of hydrogen-bond donors (Lipinski definition) is 0. The van der Waals surface area contributed by atoms with E-state index in [0.29, 0.717) is 11.8 Å². The van der Waals surface area contributed by atoms with Crippen molar-refractivity contribution in [2.24, 2.45) is 5.92 Å². The van der Waals surface area contributed by atoms with E-state index < -0.39 is 0 Å². The zero-order chi connectivity index (χ0) is 17.7. The minimum atomic E-state index is 0.0179. The number of ether oxygens (including phenoxy) is 1. The lowest BCUT2D eigenvalue weighted by Gasteiger charge is -2.31. The molecule has 0 amide bonds. The van der Waals surface area contributed by atoms with E-state index in [0.717, 1.165) is 51.3 Å². The summed E-state index contributed by atoms with van der Waals surface area (Å²) < 4.78 is 5.85. The van der Waals surface area contributed by atoms with Crippen molar-refractivity contribution in [3.05, 3.63) is 30.2 Å². The fraction of sp³-hybridized carbons (Fsp3) is 0.667. The summed E-state index contributed by atoms with van der Waals surface area (Å²) in [5.41, 5.74) is 1.00. The Balaban J connectivity index is 1.37. The first-order chi connectivity index (χ1) is 12.0. The van der Waals surface area contributed by atoms with Crippen molar-refractivity contribution < 1.29 is 4.74 Å². The van der Waals surface area contributed by atoms with Gasteiger partial charge in [-0.15, -0.1) is 5.10 Å². The standard InChI is InChI=1S/C18H28N6O/c1-18(2,3)16-4-5-17(22-21-16)25-14-15-6-10-23(11-7-15)12-13-24-19-8-9-20-24/h4-5,8-9,15H,6-7,10-14H2,1-3H3. The largest absolute Gasteiger partial charge is 0.476 e. The summed E-state index contributed by atoms with van der Waals surface area (Å²) in [5.74, 6) is 1.21. The van der Waals surface area contributed by atoms with Gasteiger partial charge in [0.05, 0.1) is 31.2 Å². The average molecular weight is 344 g/mol. The zero-order valence-electron chi connectivity index (χ0n) is 15.4. The SMILES string of the molecule is CC(C)(C)c1ccc(OCC2CCN(CCn3nccn3)CC2)nn1. The van der Waals surface area contributed by atoms with E-state index in [1.54, 1.807) is 17.2 Å². The van der Waals surface area contributed by atoms with Crippen LogP contribution in [0.4, 0.5) is 0 Å². The van der Waals surface area contributed by atoms with Gasteiger partial charge in [0, 0.05) is 18.0 Å². The first-order valence-corrected chi connectivity index (χ1v) is 9.04. The van der Waals surface area contributed by atoms with Gasteiger partial charge in [-0.25, -0.2) is 0 Å². The van der Waals surface area contributed by atoms with Crippen LogP contribution < -0.4 is 4.74 Å². The van der Waals surface area contributed by atoms with Gasteiger partial charge >= 0.3 is 0 Å². The maximum absolute atomic E-state index is 5.85. The third-order valence-corrected chi connectivity index (χ3v) is 4.67. The normalized spacial score (nSPS) is 16.9. The van der Waals surface area contributed by atoms with Gasteiger partial charge in [0.1, 0.15) is 0 Å². The Morgan fingerprint density at radius 1 is 1.04 bits per heavy atom. The summed E-state index contributed by atoms with van der Waals surface area (Å²) >= 11 is 0. The monoisotopic (exact) mass is 344 g/mol. The van der Waals surface area contributed by atoms with E-state index in [4.69, 9.17) is 4.74 Å². The molecule has 0 atom stereocenters. The summed E-state index contributed by atoms with van der Waals surface area (Å²) in [6, 6.07) is 3.94. The van der Waals surface area contributed by atoms with Crippen LogP contribution in [-0.4, -0.2) is 56.3 Å². The number of nitrogens with zero attached hydrogens (tertiary/aromatic N) is 6. The second-order valence-electron chi connectivity index (χ2n) is 7.73. The van der Waals surface area contributed by atoms with Crippen LogP contribution in [0.5, 0.6) is 5.88 Å². The van der Waals surface area contributed by atoms with Gasteiger partial charge in [-0.2, -0.15) is 20.1 Å². The lowest BCUT2D eigenvalue weighted by Crippen LogP contribution is -2.37. The third kappa shape index (κ3) is 5.22. The van der Waals surface area contributed by atoms with Crippen molar-refractivity contribution in [2.45, 2.75) is 45.6 Å². The summed E-state index contributed by atoms with van der Waals surface area (Å²) in [7, 11) is 0. The first-order valence-electron chi connectivity index (χ1n) is 9.04. The van der Waals surface area contributed by atoms with E-state index in [2.05, 4.69) is 46.1 Å². The van der Waals surface area contributed by atoms with E-state index in [1.165, 1.54) is 0 Å². The van der Waals surface area contributed by atoms with E-state index in [1.807, 2.05) is 12.1 Å². The van der Waals surface area contributed by atoms with Gasteiger partial charge in [-0.1, -0.05) is 20.8 Å². The summed E-state index contributed by atoms with van der Waals surface area (Å²) in [5, 5.41) is 16.8. The van der Waals surface area contributed by atoms with Crippen LogP contribution in [0.3, 0.4) is 0 Å². The molecule has 0 aromatic carbocycles. The highest BCUT2D eigenvalue weighted by atomic mass is 16.5. The first kappa shape index (κ1) is 17.8. The molecule has 0 spiro atoms. The van der Waals surface area contributed by atoms with Gasteiger partial charge in [-0.3, -0.25) is 0 Å². The van der Waals surface area contributed by atoms with Crippen molar-refractivity contribution in [1.82, 2.24) is 30.1 Å². The van der Waals surface area contributed by atoms with Crippen LogP contribution in [0.25, 0.3) is 0 Å². The van der Waals surface area contributed by atoms with Crippen molar-refractivity contribution >= 4 is 0 Å². The molecule has 0 bridgehead atoms. The molecule has 2 aromatic heterocycles. The molecule has 1 fully saturated rings. The molecule has 25 heavy (non-hydrogen) atoms. The lowest BCUT2D eigenvalue weighted by atomic mass is 9.92. The molecule has 7 nitrogen and oxygen atoms in total. The average Bonchev–Trinajstić information content (AvgIpc) is 3.12. The van der Waals surface area contributed by atoms with Crippen molar-refractivity contribution in [3.8, 4) is 5.88 Å². The fourth-order valence-electron chi connectivity index (χ4n) is 2.97.